The average molecular weight is 379 g/mol. The van der Waals surface area contributed by atoms with Crippen LogP contribution in [0, 0.1) is 6.92 Å². The van der Waals surface area contributed by atoms with Gasteiger partial charge in [-0.05, 0) is 55.0 Å². The predicted octanol–water partition coefficient (Wildman–Crippen LogP) is 2.26. The number of carbonyl (C=O) groups is 2. The van der Waals surface area contributed by atoms with Gasteiger partial charge in [0.05, 0.1) is 7.11 Å². The molecule has 0 bridgehead atoms. The van der Waals surface area contributed by atoms with E-state index in [2.05, 4.69) is 10.9 Å². The first-order valence-corrected chi connectivity index (χ1v) is 8.09. The van der Waals surface area contributed by atoms with E-state index in [1.807, 2.05) is 6.92 Å². The van der Waals surface area contributed by atoms with Gasteiger partial charge in [0.2, 0.25) is 0 Å². The number of hydrazine groups is 1. The molecule has 8 heteroatoms. The molecule has 26 heavy (non-hydrogen) atoms. The standard InChI is InChI=1S/C18H19ClN2O5/c1-12-9-15(7-8-16(12)19)26-11-18(23)21-20-17(22)10-25-14-5-3-13(24-2)4-6-14/h3-9H,10-11H2,1-2H3,(H,20,22)(H,21,23). The fourth-order valence-corrected chi connectivity index (χ4v) is 2.01. The molecule has 0 atom stereocenters. The minimum Gasteiger partial charge on any atom is -0.497 e. The van der Waals surface area contributed by atoms with Crippen LogP contribution in [0.15, 0.2) is 42.5 Å². The Morgan fingerprint density at radius 3 is 1.92 bits per heavy atom. The summed E-state index contributed by atoms with van der Waals surface area (Å²) >= 11 is 5.92. The number of amides is 2. The molecule has 2 rings (SSSR count). The number of rotatable bonds is 7. The molecule has 7 nitrogen and oxygen atoms in total. The van der Waals surface area contributed by atoms with E-state index >= 15 is 0 Å². The summed E-state index contributed by atoms with van der Waals surface area (Å²) < 4.78 is 15.6. The summed E-state index contributed by atoms with van der Waals surface area (Å²) in [7, 11) is 1.56. The topological polar surface area (TPSA) is 85.9 Å². The number of hydrogen-bond acceptors (Lipinski definition) is 5. The van der Waals surface area contributed by atoms with Gasteiger partial charge in [-0.1, -0.05) is 11.6 Å². The van der Waals surface area contributed by atoms with Crippen LogP contribution in [-0.4, -0.2) is 32.1 Å². The van der Waals surface area contributed by atoms with Crippen LogP contribution in [0.4, 0.5) is 0 Å². The lowest BCUT2D eigenvalue weighted by molar-refractivity contribution is -0.131. The lowest BCUT2D eigenvalue weighted by atomic mass is 10.2. The summed E-state index contributed by atoms with van der Waals surface area (Å²) in [6.45, 7) is 1.34. The van der Waals surface area contributed by atoms with Crippen molar-refractivity contribution in [3.8, 4) is 17.2 Å². The Hall–Kier alpha value is -2.93. The summed E-state index contributed by atoms with van der Waals surface area (Å²) in [4.78, 5) is 23.4. The van der Waals surface area contributed by atoms with E-state index < -0.39 is 11.8 Å². The number of ether oxygens (including phenoxy) is 3. The van der Waals surface area contributed by atoms with Gasteiger partial charge >= 0.3 is 0 Å². The molecule has 0 radical (unpaired) electrons. The first kappa shape index (κ1) is 19.4. The second-order valence-corrected chi connectivity index (χ2v) is 5.67. The largest absolute Gasteiger partial charge is 0.497 e. The highest BCUT2D eigenvalue weighted by molar-refractivity contribution is 6.31. The molecular weight excluding hydrogens is 360 g/mol. The Kier molecular flexibility index (Phi) is 7.11. The molecular formula is C18H19ClN2O5. The van der Waals surface area contributed by atoms with Gasteiger partial charge in [0.25, 0.3) is 11.8 Å². The van der Waals surface area contributed by atoms with Crippen molar-refractivity contribution in [3.63, 3.8) is 0 Å². The van der Waals surface area contributed by atoms with Crippen LogP contribution in [0.25, 0.3) is 0 Å². The summed E-state index contributed by atoms with van der Waals surface area (Å²) in [5.41, 5.74) is 5.33. The molecule has 0 heterocycles. The van der Waals surface area contributed by atoms with Crippen molar-refractivity contribution in [1.29, 1.82) is 0 Å². The predicted molar refractivity (Wildman–Crippen MR) is 96.5 cm³/mol. The smallest absolute Gasteiger partial charge is 0.276 e. The van der Waals surface area contributed by atoms with Gasteiger partial charge < -0.3 is 14.2 Å². The highest BCUT2D eigenvalue weighted by Gasteiger charge is 2.07. The summed E-state index contributed by atoms with van der Waals surface area (Å²) in [5.74, 6) is 0.696. The Labute approximate surface area is 156 Å². The number of halogens is 1. The number of carbonyl (C=O) groups excluding carboxylic acids is 2. The summed E-state index contributed by atoms with van der Waals surface area (Å²) in [6, 6.07) is 11.8. The highest BCUT2D eigenvalue weighted by Crippen LogP contribution is 2.20. The third kappa shape index (κ3) is 6.18. The molecule has 0 saturated carbocycles. The van der Waals surface area contributed by atoms with E-state index in [9.17, 15) is 9.59 Å². The number of methoxy groups -OCH3 is 1. The molecule has 0 aromatic heterocycles. The first-order chi connectivity index (χ1) is 12.5. The Morgan fingerprint density at radius 2 is 1.38 bits per heavy atom. The van der Waals surface area contributed by atoms with Gasteiger partial charge in [0, 0.05) is 5.02 Å². The van der Waals surface area contributed by atoms with Crippen molar-refractivity contribution in [3.05, 3.63) is 53.1 Å². The van der Waals surface area contributed by atoms with E-state index in [1.165, 1.54) is 0 Å². The molecule has 0 aliphatic carbocycles. The highest BCUT2D eigenvalue weighted by atomic mass is 35.5. The maximum atomic E-state index is 11.7. The van der Waals surface area contributed by atoms with E-state index in [0.29, 0.717) is 22.3 Å². The second-order valence-electron chi connectivity index (χ2n) is 5.26. The van der Waals surface area contributed by atoms with Crippen LogP contribution in [-0.2, 0) is 9.59 Å². The molecule has 0 spiro atoms. The molecule has 0 unspecified atom stereocenters. The molecule has 2 aromatic carbocycles. The quantitative estimate of drug-likeness (QED) is 0.722. The SMILES string of the molecule is COc1ccc(OCC(=O)NNC(=O)COc2ccc(Cl)c(C)c2)cc1. The van der Waals surface area contributed by atoms with Crippen LogP contribution in [0.2, 0.25) is 5.02 Å². The minimum absolute atomic E-state index is 0.246. The fraction of sp³-hybridized carbons (Fsp3) is 0.222. The lowest BCUT2D eigenvalue weighted by Gasteiger charge is -2.10. The van der Waals surface area contributed by atoms with Crippen molar-refractivity contribution in [2.24, 2.45) is 0 Å². The fourth-order valence-electron chi connectivity index (χ4n) is 1.89. The van der Waals surface area contributed by atoms with Gasteiger partial charge in [0.15, 0.2) is 13.2 Å². The molecule has 0 aliphatic rings. The number of hydrogen-bond donors (Lipinski definition) is 2. The molecule has 0 saturated heterocycles. The van der Waals surface area contributed by atoms with Crippen molar-refractivity contribution in [2.75, 3.05) is 20.3 Å². The van der Waals surface area contributed by atoms with Crippen LogP contribution in [0.1, 0.15) is 5.56 Å². The zero-order chi connectivity index (χ0) is 18.9. The van der Waals surface area contributed by atoms with E-state index in [-0.39, 0.29) is 13.2 Å². The molecule has 2 aromatic rings. The second kappa shape index (κ2) is 9.53. The van der Waals surface area contributed by atoms with E-state index in [1.54, 1.807) is 49.6 Å². The number of benzene rings is 2. The van der Waals surface area contributed by atoms with Gasteiger partial charge in [-0.3, -0.25) is 20.4 Å². The van der Waals surface area contributed by atoms with Crippen molar-refractivity contribution < 1.29 is 23.8 Å². The Morgan fingerprint density at radius 1 is 0.885 bits per heavy atom. The normalized spacial score (nSPS) is 9.96. The zero-order valence-corrected chi connectivity index (χ0v) is 15.1. The molecule has 2 N–H and O–H groups in total. The molecule has 138 valence electrons. The average Bonchev–Trinajstić information content (AvgIpc) is 2.66. The van der Waals surface area contributed by atoms with Crippen molar-refractivity contribution >= 4 is 23.4 Å². The maximum absolute atomic E-state index is 11.7. The Balaban J connectivity index is 1.67. The number of nitrogens with one attached hydrogen (secondary N) is 2. The van der Waals surface area contributed by atoms with Crippen LogP contribution < -0.4 is 25.1 Å². The van der Waals surface area contributed by atoms with Crippen LogP contribution in [0.3, 0.4) is 0 Å². The van der Waals surface area contributed by atoms with Gasteiger partial charge in [-0.25, -0.2) is 0 Å². The van der Waals surface area contributed by atoms with Crippen LogP contribution >= 0.6 is 11.6 Å². The molecule has 0 fully saturated rings. The third-order valence-electron chi connectivity index (χ3n) is 3.27. The van der Waals surface area contributed by atoms with Gasteiger partial charge in [0.1, 0.15) is 17.2 Å². The summed E-state index contributed by atoms with van der Waals surface area (Å²) in [6.07, 6.45) is 0. The minimum atomic E-state index is -0.504. The third-order valence-corrected chi connectivity index (χ3v) is 3.69. The monoisotopic (exact) mass is 378 g/mol. The van der Waals surface area contributed by atoms with E-state index in [4.69, 9.17) is 25.8 Å². The first-order valence-electron chi connectivity index (χ1n) is 7.71. The molecule has 2 amide bonds. The zero-order valence-electron chi connectivity index (χ0n) is 14.4. The van der Waals surface area contributed by atoms with Gasteiger partial charge in [-0.15, -0.1) is 0 Å². The lowest BCUT2D eigenvalue weighted by Crippen LogP contribution is -2.45. The number of aryl methyl sites for hydroxylation is 1. The maximum Gasteiger partial charge on any atom is 0.276 e. The van der Waals surface area contributed by atoms with Crippen molar-refractivity contribution in [1.82, 2.24) is 10.9 Å². The van der Waals surface area contributed by atoms with E-state index in [0.717, 1.165) is 5.56 Å². The van der Waals surface area contributed by atoms with Gasteiger partial charge in [-0.2, -0.15) is 0 Å². The Bertz CT molecular complexity index is 765. The molecule has 0 aliphatic heterocycles. The summed E-state index contributed by atoms with van der Waals surface area (Å²) in [5, 5.41) is 0.617. The van der Waals surface area contributed by atoms with Crippen LogP contribution in [0.5, 0.6) is 17.2 Å². The van der Waals surface area contributed by atoms with Crippen molar-refractivity contribution in [2.45, 2.75) is 6.92 Å².